The monoisotopic (exact) mass is 296 g/mol. The van der Waals surface area contributed by atoms with Crippen LogP contribution in [-0.4, -0.2) is 24.4 Å². The summed E-state index contributed by atoms with van der Waals surface area (Å²) in [5.41, 5.74) is 1.97. The van der Waals surface area contributed by atoms with Crippen molar-refractivity contribution in [2.45, 2.75) is 6.42 Å². The largest absolute Gasteiger partial charge is 0.497 e. The Bertz CT molecular complexity index is 733. The van der Waals surface area contributed by atoms with Gasteiger partial charge >= 0.3 is 0 Å². The predicted molar refractivity (Wildman–Crippen MR) is 82.1 cm³/mol. The van der Waals surface area contributed by atoms with Gasteiger partial charge in [0.25, 0.3) is 5.89 Å². The zero-order valence-electron chi connectivity index (χ0n) is 12.4. The molecule has 22 heavy (non-hydrogen) atoms. The van der Waals surface area contributed by atoms with Crippen molar-refractivity contribution in [1.29, 1.82) is 0 Å². The molecular weight excluding hydrogens is 280 g/mol. The number of hydrogen-bond donors (Lipinski definition) is 0. The zero-order valence-corrected chi connectivity index (χ0v) is 12.4. The minimum Gasteiger partial charge on any atom is -0.497 e. The van der Waals surface area contributed by atoms with Gasteiger partial charge in [0.1, 0.15) is 11.5 Å². The van der Waals surface area contributed by atoms with E-state index in [1.165, 1.54) is 0 Å². The van der Waals surface area contributed by atoms with E-state index in [2.05, 4.69) is 10.1 Å². The van der Waals surface area contributed by atoms with E-state index in [0.717, 1.165) is 22.6 Å². The lowest BCUT2D eigenvalue weighted by Crippen LogP contribution is -1.91. The quantitative estimate of drug-likeness (QED) is 0.722. The number of methoxy groups -OCH3 is 2. The minimum atomic E-state index is 0.506. The fourth-order valence-corrected chi connectivity index (χ4v) is 2.10. The topological polar surface area (TPSA) is 57.4 Å². The Hall–Kier alpha value is -2.82. The lowest BCUT2D eigenvalue weighted by Gasteiger charge is -2.00. The smallest absolute Gasteiger partial charge is 0.257 e. The van der Waals surface area contributed by atoms with Gasteiger partial charge in [-0.2, -0.15) is 4.98 Å². The van der Waals surface area contributed by atoms with Gasteiger partial charge in [0.15, 0.2) is 5.82 Å². The third kappa shape index (κ3) is 3.09. The molecular formula is C17H16N2O3. The molecule has 1 aromatic heterocycles. The average Bonchev–Trinajstić information content (AvgIpc) is 3.04. The minimum absolute atomic E-state index is 0.506. The van der Waals surface area contributed by atoms with Gasteiger partial charge in [-0.3, -0.25) is 0 Å². The third-order valence-corrected chi connectivity index (χ3v) is 3.33. The predicted octanol–water partition coefficient (Wildman–Crippen LogP) is 3.34. The lowest BCUT2D eigenvalue weighted by molar-refractivity contribution is 0.414. The van der Waals surface area contributed by atoms with Crippen LogP contribution in [0.3, 0.4) is 0 Å². The highest BCUT2D eigenvalue weighted by molar-refractivity contribution is 5.54. The molecule has 5 nitrogen and oxygen atoms in total. The van der Waals surface area contributed by atoms with Crippen molar-refractivity contribution in [1.82, 2.24) is 10.1 Å². The van der Waals surface area contributed by atoms with Crippen LogP contribution in [0.1, 0.15) is 11.4 Å². The van der Waals surface area contributed by atoms with Crippen LogP contribution in [0.2, 0.25) is 0 Å². The van der Waals surface area contributed by atoms with E-state index >= 15 is 0 Å². The maximum absolute atomic E-state index is 5.31. The molecule has 0 atom stereocenters. The highest BCUT2D eigenvalue weighted by Crippen LogP contribution is 2.21. The number of ether oxygens (including phenoxy) is 2. The fraction of sp³-hybridized carbons (Fsp3) is 0.176. The Morgan fingerprint density at radius 2 is 1.45 bits per heavy atom. The van der Waals surface area contributed by atoms with E-state index in [1.807, 2.05) is 48.5 Å². The maximum Gasteiger partial charge on any atom is 0.257 e. The van der Waals surface area contributed by atoms with Gasteiger partial charge < -0.3 is 14.0 Å². The summed E-state index contributed by atoms with van der Waals surface area (Å²) in [6.07, 6.45) is 0.615. The summed E-state index contributed by atoms with van der Waals surface area (Å²) >= 11 is 0. The molecule has 3 aromatic rings. The molecule has 0 fully saturated rings. The molecule has 0 saturated carbocycles. The van der Waals surface area contributed by atoms with Crippen molar-refractivity contribution in [2.75, 3.05) is 14.2 Å². The first-order valence-corrected chi connectivity index (χ1v) is 6.88. The van der Waals surface area contributed by atoms with Crippen LogP contribution in [0.25, 0.3) is 11.5 Å². The second-order valence-corrected chi connectivity index (χ2v) is 4.77. The Morgan fingerprint density at radius 1 is 0.864 bits per heavy atom. The van der Waals surface area contributed by atoms with Crippen LogP contribution in [-0.2, 0) is 6.42 Å². The Kier molecular flexibility index (Phi) is 4.05. The van der Waals surface area contributed by atoms with E-state index in [1.54, 1.807) is 14.2 Å². The highest BCUT2D eigenvalue weighted by Gasteiger charge is 2.09. The molecule has 0 amide bonds. The van der Waals surface area contributed by atoms with E-state index in [4.69, 9.17) is 14.0 Å². The first kappa shape index (κ1) is 14.1. The first-order valence-electron chi connectivity index (χ1n) is 6.88. The molecule has 5 heteroatoms. The molecule has 0 aliphatic carbocycles. The number of aromatic nitrogens is 2. The fourth-order valence-electron chi connectivity index (χ4n) is 2.10. The number of hydrogen-bond acceptors (Lipinski definition) is 5. The molecule has 0 aliphatic rings. The summed E-state index contributed by atoms with van der Waals surface area (Å²) in [5.74, 6) is 2.78. The van der Waals surface area contributed by atoms with E-state index in [0.29, 0.717) is 18.1 Å². The maximum atomic E-state index is 5.31. The van der Waals surface area contributed by atoms with Gasteiger partial charge in [-0.15, -0.1) is 0 Å². The van der Waals surface area contributed by atoms with Crippen molar-refractivity contribution < 1.29 is 14.0 Å². The van der Waals surface area contributed by atoms with Crippen molar-refractivity contribution in [3.63, 3.8) is 0 Å². The highest BCUT2D eigenvalue weighted by atomic mass is 16.5. The van der Waals surface area contributed by atoms with Gasteiger partial charge in [-0.1, -0.05) is 17.3 Å². The summed E-state index contributed by atoms with van der Waals surface area (Å²) in [4.78, 5) is 4.42. The summed E-state index contributed by atoms with van der Waals surface area (Å²) in [5, 5.41) is 4.02. The first-order chi connectivity index (χ1) is 10.8. The van der Waals surface area contributed by atoms with E-state index < -0.39 is 0 Å². The van der Waals surface area contributed by atoms with Crippen LogP contribution in [0.4, 0.5) is 0 Å². The molecule has 0 N–H and O–H groups in total. The zero-order chi connectivity index (χ0) is 15.4. The molecule has 1 heterocycles. The Balaban J connectivity index is 1.74. The van der Waals surface area contributed by atoms with Crippen LogP contribution < -0.4 is 9.47 Å². The van der Waals surface area contributed by atoms with E-state index in [9.17, 15) is 0 Å². The molecule has 0 spiro atoms. The number of benzene rings is 2. The van der Waals surface area contributed by atoms with Gasteiger partial charge in [0, 0.05) is 12.0 Å². The van der Waals surface area contributed by atoms with Gasteiger partial charge in [0.05, 0.1) is 14.2 Å². The average molecular weight is 296 g/mol. The Labute approximate surface area is 128 Å². The third-order valence-electron chi connectivity index (χ3n) is 3.33. The summed E-state index contributed by atoms with van der Waals surface area (Å²) in [6, 6.07) is 15.3. The van der Waals surface area contributed by atoms with Gasteiger partial charge in [-0.25, -0.2) is 0 Å². The van der Waals surface area contributed by atoms with Gasteiger partial charge in [0.2, 0.25) is 0 Å². The summed E-state index contributed by atoms with van der Waals surface area (Å²) in [7, 11) is 3.28. The van der Waals surface area contributed by atoms with Crippen molar-refractivity contribution in [3.8, 4) is 23.0 Å². The molecule has 0 aliphatic heterocycles. The molecule has 2 aromatic carbocycles. The van der Waals surface area contributed by atoms with E-state index in [-0.39, 0.29) is 0 Å². The van der Waals surface area contributed by atoms with Crippen molar-refractivity contribution in [3.05, 3.63) is 59.9 Å². The molecule has 0 saturated heterocycles. The second-order valence-electron chi connectivity index (χ2n) is 4.77. The summed E-state index contributed by atoms with van der Waals surface area (Å²) < 4.78 is 15.6. The summed E-state index contributed by atoms with van der Waals surface area (Å²) in [6.45, 7) is 0. The standard InChI is InChI=1S/C17H16N2O3/c1-20-14-7-3-12(4-8-14)11-16-18-17(22-19-16)13-5-9-15(21-2)10-6-13/h3-10H,11H2,1-2H3. The second kappa shape index (κ2) is 6.30. The van der Waals surface area contributed by atoms with Crippen LogP contribution in [0.15, 0.2) is 53.1 Å². The van der Waals surface area contributed by atoms with Crippen LogP contribution in [0, 0.1) is 0 Å². The molecule has 112 valence electrons. The number of rotatable bonds is 5. The van der Waals surface area contributed by atoms with Crippen LogP contribution >= 0.6 is 0 Å². The molecule has 0 unspecified atom stereocenters. The van der Waals surface area contributed by atoms with Crippen molar-refractivity contribution >= 4 is 0 Å². The van der Waals surface area contributed by atoms with Crippen LogP contribution in [0.5, 0.6) is 11.5 Å². The number of nitrogens with zero attached hydrogens (tertiary/aromatic N) is 2. The Morgan fingerprint density at radius 3 is 2.05 bits per heavy atom. The molecule has 0 radical (unpaired) electrons. The SMILES string of the molecule is COc1ccc(Cc2noc(-c3ccc(OC)cc3)n2)cc1. The normalized spacial score (nSPS) is 10.5. The molecule has 3 rings (SSSR count). The van der Waals surface area contributed by atoms with Gasteiger partial charge in [-0.05, 0) is 42.0 Å². The van der Waals surface area contributed by atoms with Crippen molar-refractivity contribution in [2.24, 2.45) is 0 Å². The lowest BCUT2D eigenvalue weighted by atomic mass is 10.1. The molecule has 0 bridgehead atoms.